The third-order valence-corrected chi connectivity index (χ3v) is 7.77. The van der Waals surface area contributed by atoms with Crippen LogP contribution in [0.4, 0.5) is 15.1 Å². The Morgan fingerprint density at radius 2 is 1.71 bits per heavy atom. The minimum atomic E-state index is -0.541. The molecule has 2 saturated carbocycles. The molecule has 0 spiro atoms. The number of benzene rings is 1. The number of anilines is 1. The number of carbonyl (C=O) groups excluding carboxylic acids is 1. The van der Waals surface area contributed by atoms with Crippen molar-refractivity contribution in [3.63, 3.8) is 0 Å². The van der Waals surface area contributed by atoms with Gasteiger partial charge in [0.05, 0.1) is 16.6 Å². The summed E-state index contributed by atoms with van der Waals surface area (Å²) in [5, 5.41) is 7.88. The van der Waals surface area contributed by atoms with Gasteiger partial charge < -0.3 is 15.4 Å². The van der Waals surface area contributed by atoms with Crippen molar-refractivity contribution < 1.29 is 13.9 Å². The Bertz CT molecular complexity index is 1570. The van der Waals surface area contributed by atoms with Gasteiger partial charge in [-0.25, -0.2) is 29.1 Å². The van der Waals surface area contributed by atoms with E-state index >= 15 is 4.39 Å². The maximum Gasteiger partial charge on any atom is 0.408 e. The zero-order chi connectivity index (χ0) is 26.7. The van der Waals surface area contributed by atoms with Crippen molar-refractivity contribution >= 4 is 34.0 Å². The molecule has 3 heterocycles. The van der Waals surface area contributed by atoms with Crippen molar-refractivity contribution in [2.75, 3.05) is 5.32 Å². The van der Waals surface area contributed by atoms with Gasteiger partial charge in [0.15, 0.2) is 5.65 Å². The molecular formula is C29H31FN6O2. The van der Waals surface area contributed by atoms with Crippen LogP contribution in [-0.2, 0) is 4.74 Å². The maximum absolute atomic E-state index is 15.9. The van der Waals surface area contributed by atoms with E-state index < -0.39 is 5.60 Å². The first-order valence-corrected chi connectivity index (χ1v) is 13.0. The molecule has 0 saturated heterocycles. The van der Waals surface area contributed by atoms with Gasteiger partial charge >= 0.3 is 6.09 Å². The lowest BCUT2D eigenvalue weighted by Crippen LogP contribution is -2.47. The monoisotopic (exact) mass is 514 g/mol. The van der Waals surface area contributed by atoms with E-state index in [1.807, 2.05) is 45.9 Å². The number of ether oxygens (including phenoxy) is 1. The number of halogens is 1. The molecule has 3 aromatic heterocycles. The molecule has 2 fully saturated rings. The molecule has 0 radical (unpaired) electrons. The fourth-order valence-corrected chi connectivity index (χ4v) is 6.14. The largest absolute Gasteiger partial charge is 0.444 e. The minimum Gasteiger partial charge on any atom is -0.444 e. The lowest BCUT2D eigenvalue weighted by atomic mass is 9.91. The highest BCUT2D eigenvalue weighted by molar-refractivity contribution is 5.96. The third kappa shape index (κ3) is 4.29. The van der Waals surface area contributed by atoms with E-state index in [0.29, 0.717) is 33.8 Å². The van der Waals surface area contributed by atoms with Crippen molar-refractivity contribution in [3.05, 3.63) is 54.2 Å². The molecule has 0 unspecified atom stereocenters. The number of amides is 1. The van der Waals surface area contributed by atoms with Gasteiger partial charge in [-0.2, -0.15) is 0 Å². The van der Waals surface area contributed by atoms with Crippen LogP contribution in [0.25, 0.3) is 33.1 Å². The van der Waals surface area contributed by atoms with Crippen molar-refractivity contribution in [2.45, 2.75) is 76.5 Å². The quantitative estimate of drug-likeness (QED) is 0.340. The predicted octanol–water partition coefficient (Wildman–Crippen LogP) is 6.08. The molecule has 2 aliphatic carbocycles. The highest BCUT2D eigenvalue weighted by atomic mass is 19.1. The van der Waals surface area contributed by atoms with Crippen molar-refractivity contribution in [1.29, 1.82) is 0 Å². The fraction of sp³-hybridized carbons (Fsp3) is 0.414. The van der Waals surface area contributed by atoms with E-state index in [-0.39, 0.29) is 23.0 Å². The summed E-state index contributed by atoms with van der Waals surface area (Å²) in [4.78, 5) is 30.4. The van der Waals surface area contributed by atoms with Gasteiger partial charge in [-0.3, -0.25) is 0 Å². The van der Waals surface area contributed by atoms with E-state index in [2.05, 4.69) is 25.6 Å². The van der Waals surface area contributed by atoms with Crippen LogP contribution in [0.1, 0.15) is 58.6 Å². The van der Waals surface area contributed by atoms with E-state index in [1.165, 1.54) is 0 Å². The highest BCUT2D eigenvalue weighted by Gasteiger charge is 2.55. The second kappa shape index (κ2) is 8.58. The Kier molecular flexibility index (Phi) is 5.52. The molecule has 4 aromatic rings. The molecule has 9 heteroatoms. The van der Waals surface area contributed by atoms with Crippen LogP contribution in [0.2, 0.25) is 0 Å². The lowest BCUT2D eigenvalue weighted by Gasteiger charge is -2.30. The van der Waals surface area contributed by atoms with E-state index in [9.17, 15) is 4.79 Å². The number of rotatable bonds is 4. The number of alkyl carbamates (subject to hydrolysis) is 1. The first kappa shape index (κ1) is 24.5. The first-order chi connectivity index (χ1) is 18.1. The number of nitrogens with one attached hydrogen (secondary N) is 2. The van der Waals surface area contributed by atoms with Crippen molar-refractivity contribution in [1.82, 2.24) is 25.3 Å². The maximum atomic E-state index is 15.9. The molecule has 38 heavy (non-hydrogen) atoms. The molecule has 2 N–H and O–H groups in total. The molecule has 1 amide bonds. The van der Waals surface area contributed by atoms with Crippen LogP contribution in [0.5, 0.6) is 0 Å². The standard InChI is InChI=1S/C29H31FN6O2/c1-17-22-21(8-7-19(23(22)30)18-9-15-32-24-20(18)6-5-14-31-24)34-25(33-17)35-28-10-12-29(16-28,13-11-28)36-26(37)38-27(2,3)4/h5-9,14-15H,10-13,16H2,1-4H3,(H,36,37)(H,33,34,35). The number of hydrogen-bond acceptors (Lipinski definition) is 7. The normalized spacial score (nSPS) is 22.7. The second-order valence-corrected chi connectivity index (χ2v) is 11.7. The number of nitrogens with zero attached hydrogens (tertiary/aromatic N) is 4. The minimum absolute atomic E-state index is 0.212. The smallest absolute Gasteiger partial charge is 0.408 e. The van der Waals surface area contributed by atoms with Crippen LogP contribution in [0.15, 0.2) is 42.7 Å². The third-order valence-electron chi connectivity index (χ3n) is 7.77. The molecule has 1 aromatic carbocycles. The van der Waals surface area contributed by atoms with Gasteiger partial charge in [0.2, 0.25) is 5.95 Å². The van der Waals surface area contributed by atoms with Gasteiger partial charge in [0, 0.05) is 34.4 Å². The van der Waals surface area contributed by atoms with Gasteiger partial charge in [-0.1, -0.05) is 0 Å². The predicted molar refractivity (Wildman–Crippen MR) is 144 cm³/mol. The molecule has 196 valence electrons. The number of carbonyl (C=O) groups is 1. The number of fused-ring (bicyclic) bond motifs is 4. The second-order valence-electron chi connectivity index (χ2n) is 11.7. The average molecular weight is 515 g/mol. The molecule has 6 rings (SSSR count). The van der Waals surface area contributed by atoms with Gasteiger partial charge in [0.25, 0.3) is 0 Å². The molecule has 0 atom stereocenters. The lowest BCUT2D eigenvalue weighted by molar-refractivity contribution is 0.0458. The van der Waals surface area contributed by atoms with E-state index in [0.717, 1.165) is 43.1 Å². The van der Waals surface area contributed by atoms with Crippen molar-refractivity contribution in [3.8, 4) is 11.1 Å². The highest BCUT2D eigenvalue weighted by Crippen LogP contribution is 2.52. The Balaban J connectivity index is 1.28. The summed E-state index contributed by atoms with van der Waals surface area (Å²) in [5.74, 6) is 0.124. The molecular weight excluding hydrogens is 483 g/mol. The number of aromatic nitrogens is 4. The summed E-state index contributed by atoms with van der Waals surface area (Å²) in [6, 6.07) is 9.12. The summed E-state index contributed by atoms with van der Waals surface area (Å²) in [6.45, 7) is 7.40. The summed E-state index contributed by atoms with van der Waals surface area (Å²) < 4.78 is 21.4. The molecule has 2 bridgehead atoms. The van der Waals surface area contributed by atoms with Crippen LogP contribution < -0.4 is 10.6 Å². The SMILES string of the molecule is Cc1nc(NC23CCC(NC(=O)OC(C)(C)C)(CC2)C3)nc2ccc(-c3ccnc4ncccc34)c(F)c12. The average Bonchev–Trinajstić information content (AvgIpc) is 3.37. The zero-order valence-electron chi connectivity index (χ0n) is 22.1. The Labute approximate surface area is 220 Å². The summed E-state index contributed by atoms with van der Waals surface area (Å²) in [6.07, 6.45) is 7.21. The Morgan fingerprint density at radius 1 is 0.974 bits per heavy atom. The fourth-order valence-electron chi connectivity index (χ4n) is 6.14. The number of hydrogen-bond donors (Lipinski definition) is 2. The van der Waals surface area contributed by atoms with Crippen LogP contribution in [-0.4, -0.2) is 42.7 Å². The Hall–Kier alpha value is -3.88. The number of aryl methyl sites for hydroxylation is 1. The van der Waals surface area contributed by atoms with Crippen LogP contribution in [0, 0.1) is 12.7 Å². The van der Waals surface area contributed by atoms with Crippen molar-refractivity contribution in [2.24, 2.45) is 0 Å². The molecule has 8 nitrogen and oxygen atoms in total. The van der Waals surface area contributed by atoms with E-state index in [4.69, 9.17) is 9.72 Å². The van der Waals surface area contributed by atoms with Gasteiger partial charge in [0.1, 0.15) is 11.4 Å². The topological polar surface area (TPSA) is 102 Å². The number of pyridine rings is 2. The van der Waals surface area contributed by atoms with E-state index in [1.54, 1.807) is 24.5 Å². The molecule has 0 aliphatic heterocycles. The summed E-state index contributed by atoms with van der Waals surface area (Å²) in [7, 11) is 0. The van der Waals surface area contributed by atoms with Gasteiger partial charge in [-0.05, 0) is 95.7 Å². The Morgan fingerprint density at radius 3 is 2.47 bits per heavy atom. The zero-order valence-corrected chi connectivity index (χ0v) is 22.1. The summed E-state index contributed by atoms with van der Waals surface area (Å²) >= 11 is 0. The van der Waals surface area contributed by atoms with Gasteiger partial charge in [-0.15, -0.1) is 0 Å². The van der Waals surface area contributed by atoms with Crippen LogP contribution in [0.3, 0.4) is 0 Å². The van der Waals surface area contributed by atoms with Crippen LogP contribution >= 0.6 is 0 Å². The molecule has 2 aliphatic rings. The first-order valence-electron chi connectivity index (χ1n) is 13.0. The summed E-state index contributed by atoms with van der Waals surface area (Å²) in [5.41, 5.74) is 1.84.